The summed E-state index contributed by atoms with van der Waals surface area (Å²) in [5.74, 6) is 1.59. The molecule has 4 nitrogen and oxygen atoms in total. The topological polar surface area (TPSA) is 47.6 Å². The predicted octanol–water partition coefficient (Wildman–Crippen LogP) is 6.93. The molecule has 0 heterocycles. The lowest BCUT2D eigenvalue weighted by atomic mass is 9.98. The summed E-state index contributed by atoms with van der Waals surface area (Å²) in [6.45, 7) is 6.65. The van der Waals surface area contributed by atoms with Gasteiger partial charge in [-0.2, -0.15) is 0 Å². The SMILES string of the molecule is CC[C@@H](NC(=O)c1ccc(OC)c(COc2ccccc2Cl)c1)c1ccc(C(C)C)cc1. The summed E-state index contributed by atoms with van der Waals surface area (Å²) in [6, 6.07) is 21.1. The third kappa shape index (κ3) is 5.83. The van der Waals surface area contributed by atoms with Crippen molar-refractivity contribution in [2.45, 2.75) is 45.8 Å². The lowest BCUT2D eigenvalue weighted by molar-refractivity contribution is 0.0935. The highest BCUT2D eigenvalue weighted by molar-refractivity contribution is 6.32. The largest absolute Gasteiger partial charge is 0.496 e. The fraction of sp³-hybridized carbons (Fsp3) is 0.296. The Hall–Kier alpha value is -2.98. The fourth-order valence-corrected chi connectivity index (χ4v) is 3.72. The minimum absolute atomic E-state index is 0.0614. The van der Waals surface area contributed by atoms with E-state index in [1.54, 1.807) is 31.4 Å². The van der Waals surface area contributed by atoms with Gasteiger partial charge in [0.1, 0.15) is 18.1 Å². The molecule has 0 aliphatic heterocycles. The molecule has 0 bridgehead atoms. The van der Waals surface area contributed by atoms with Crippen LogP contribution in [0.1, 0.15) is 66.2 Å². The number of hydrogen-bond acceptors (Lipinski definition) is 3. The molecule has 168 valence electrons. The summed E-state index contributed by atoms with van der Waals surface area (Å²) < 4.78 is 11.3. The Balaban J connectivity index is 1.75. The molecule has 1 N–H and O–H groups in total. The molecule has 3 aromatic carbocycles. The van der Waals surface area contributed by atoms with E-state index in [0.717, 1.165) is 17.5 Å². The zero-order chi connectivity index (χ0) is 23.1. The van der Waals surface area contributed by atoms with E-state index in [9.17, 15) is 4.79 Å². The van der Waals surface area contributed by atoms with Crippen molar-refractivity contribution in [1.82, 2.24) is 5.32 Å². The van der Waals surface area contributed by atoms with Gasteiger partial charge >= 0.3 is 0 Å². The van der Waals surface area contributed by atoms with Crippen LogP contribution >= 0.6 is 11.6 Å². The smallest absolute Gasteiger partial charge is 0.251 e. The maximum Gasteiger partial charge on any atom is 0.251 e. The van der Waals surface area contributed by atoms with Gasteiger partial charge in [0.25, 0.3) is 5.91 Å². The van der Waals surface area contributed by atoms with E-state index in [-0.39, 0.29) is 18.6 Å². The number of para-hydroxylation sites is 1. The number of halogens is 1. The molecule has 0 saturated carbocycles. The predicted molar refractivity (Wildman–Crippen MR) is 130 cm³/mol. The van der Waals surface area contributed by atoms with E-state index < -0.39 is 0 Å². The number of amides is 1. The van der Waals surface area contributed by atoms with Crippen LogP contribution in [0.4, 0.5) is 0 Å². The van der Waals surface area contributed by atoms with Crippen molar-refractivity contribution in [3.63, 3.8) is 0 Å². The maximum absolute atomic E-state index is 13.0. The number of nitrogens with one attached hydrogen (secondary N) is 1. The molecule has 32 heavy (non-hydrogen) atoms. The Morgan fingerprint density at radius 1 is 0.969 bits per heavy atom. The van der Waals surface area contributed by atoms with Gasteiger partial charge in [-0.05, 0) is 53.8 Å². The highest BCUT2D eigenvalue weighted by Gasteiger charge is 2.16. The number of rotatable bonds is 9. The van der Waals surface area contributed by atoms with Gasteiger partial charge in [0.05, 0.1) is 18.2 Å². The second-order valence-corrected chi connectivity index (χ2v) is 8.41. The molecular formula is C27H30ClNO3. The zero-order valence-corrected chi connectivity index (χ0v) is 19.8. The molecule has 1 atom stereocenters. The summed E-state index contributed by atoms with van der Waals surface area (Å²) in [5.41, 5.74) is 3.71. The fourth-order valence-electron chi connectivity index (χ4n) is 3.53. The molecule has 3 rings (SSSR count). The van der Waals surface area contributed by atoms with Crippen LogP contribution in [0.15, 0.2) is 66.7 Å². The van der Waals surface area contributed by atoms with Gasteiger partial charge < -0.3 is 14.8 Å². The van der Waals surface area contributed by atoms with Crippen molar-refractivity contribution < 1.29 is 14.3 Å². The number of hydrogen-bond donors (Lipinski definition) is 1. The molecule has 0 fully saturated rings. The first kappa shape index (κ1) is 23.7. The van der Waals surface area contributed by atoms with Gasteiger partial charge in [-0.3, -0.25) is 4.79 Å². The van der Waals surface area contributed by atoms with Crippen molar-refractivity contribution in [3.8, 4) is 11.5 Å². The first-order valence-corrected chi connectivity index (χ1v) is 11.3. The Kier molecular flexibility index (Phi) is 8.18. The lowest BCUT2D eigenvalue weighted by Crippen LogP contribution is -2.28. The molecule has 0 spiro atoms. The molecule has 5 heteroatoms. The standard InChI is InChI=1S/C27H30ClNO3/c1-5-24(20-12-10-19(11-13-20)18(2)3)29-27(30)21-14-15-25(31-4)22(16-21)17-32-26-9-7-6-8-23(26)28/h6-16,18,24H,5,17H2,1-4H3,(H,29,30)/t24-/m1/s1. The van der Waals surface area contributed by atoms with E-state index in [2.05, 4.69) is 50.4 Å². The average Bonchev–Trinajstić information content (AvgIpc) is 2.81. The van der Waals surface area contributed by atoms with Crippen LogP contribution in [0.25, 0.3) is 0 Å². The molecule has 0 saturated heterocycles. The summed E-state index contributed by atoms with van der Waals surface area (Å²) in [7, 11) is 1.60. The van der Waals surface area contributed by atoms with Gasteiger partial charge in [-0.1, -0.05) is 68.8 Å². The first-order chi connectivity index (χ1) is 15.4. The molecule has 0 unspecified atom stereocenters. The van der Waals surface area contributed by atoms with Gasteiger partial charge in [-0.15, -0.1) is 0 Å². The van der Waals surface area contributed by atoms with E-state index in [1.807, 2.05) is 18.2 Å². The van der Waals surface area contributed by atoms with Crippen molar-refractivity contribution in [3.05, 3.63) is 94.0 Å². The minimum Gasteiger partial charge on any atom is -0.496 e. The second kappa shape index (κ2) is 11.1. The van der Waals surface area contributed by atoms with E-state index in [4.69, 9.17) is 21.1 Å². The Morgan fingerprint density at radius 3 is 2.28 bits per heavy atom. The molecule has 3 aromatic rings. The monoisotopic (exact) mass is 451 g/mol. The van der Waals surface area contributed by atoms with Gasteiger partial charge in [0.15, 0.2) is 0 Å². The van der Waals surface area contributed by atoms with Crippen LogP contribution < -0.4 is 14.8 Å². The first-order valence-electron chi connectivity index (χ1n) is 10.9. The number of carbonyl (C=O) groups is 1. The van der Waals surface area contributed by atoms with Crippen molar-refractivity contribution in [2.24, 2.45) is 0 Å². The molecule has 0 radical (unpaired) electrons. The third-order valence-corrected chi connectivity index (χ3v) is 5.79. The van der Waals surface area contributed by atoms with Crippen LogP contribution in [0.5, 0.6) is 11.5 Å². The Morgan fingerprint density at radius 2 is 1.66 bits per heavy atom. The van der Waals surface area contributed by atoms with Crippen LogP contribution in [-0.2, 0) is 6.61 Å². The van der Waals surface area contributed by atoms with Gasteiger partial charge in [0, 0.05) is 11.1 Å². The minimum atomic E-state index is -0.133. The Bertz CT molecular complexity index is 1050. The number of methoxy groups -OCH3 is 1. The highest BCUT2D eigenvalue weighted by Crippen LogP contribution is 2.27. The van der Waals surface area contributed by atoms with Gasteiger partial charge in [-0.25, -0.2) is 0 Å². The number of carbonyl (C=O) groups excluding carboxylic acids is 1. The van der Waals surface area contributed by atoms with Crippen LogP contribution in [0.2, 0.25) is 5.02 Å². The lowest BCUT2D eigenvalue weighted by Gasteiger charge is -2.19. The molecule has 0 aliphatic rings. The Labute approximate surface area is 195 Å². The van der Waals surface area contributed by atoms with Crippen molar-refractivity contribution in [1.29, 1.82) is 0 Å². The normalized spacial score (nSPS) is 11.8. The highest BCUT2D eigenvalue weighted by atomic mass is 35.5. The van der Waals surface area contributed by atoms with Crippen molar-refractivity contribution in [2.75, 3.05) is 7.11 Å². The maximum atomic E-state index is 13.0. The number of ether oxygens (including phenoxy) is 2. The third-order valence-electron chi connectivity index (χ3n) is 5.48. The van der Waals surface area contributed by atoms with E-state index in [0.29, 0.717) is 28.0 Å². The van der Waals surface area contributed by atoms with Crippen molar-refractivity contribution >= 4 is 17.5 Å². The summed E-state index contributed by atoms with van der Waals surface area (Å²) >= 11 is 6.18. The summed E-state index contributed by atoms with van der Waals surface area (Å²) in [6.07, 6.45) is 0.797. The quantitative estimate of drug-likeness (QED) is 0.383. The number of benzene rings is 3. The molecular weight excluding hydrogens is 422 g/mol. The van der Waals surface area contributed by atoms with Crippen LogP contribution in [0.3, 0.4) is 0 Å². The summed E-state index contributed by atoms with van der Waals surface area (Å²) in [5, 5.41) is 3.69. The average molecular weight is 452 g/mol. The molecule has 1 amide bonds. The van der Waals surface area contributed by atoms with E-state index >= 15 is 0 Å². The van der Waals surface area contributed by atoms with Crippen LogP contribution in [0, 0.1) is 0 Å². The molecule has 0 aliphatic carbocycles. The van der Waals surface area contributed by atoms with Gasteiger partial charge in [0.2, 0.25) is 0 Å². The summed E-state index contributed by atoms with van der Waals surface area (Å²) in [4.78, 5) is 13.0. The van der Waals surface area contributed by atoms with Crippen LogP contribution in [-0.4, -0.2) is 13.0 Å². The van der Waals surface area contributed by atoms with E-state index in [1.165, 1.54) is 5.56 Å². The second-order valence-electron chi connectivity index (χ2n) is 8.00. The molecule has 0 aromatic heterocycles. The zero-order valence-electron chi connectivity index (χ0n) is 19.0.